The van der Waals surface area contributed by atoms with E-state index < -0.39 is 0 Å². The molecule has 8 heteroatoms. The fourth-order valence-electron chi connectivity index (χ4n) is 3.74. The van der Waals surface area contributed by atoms with Crippen LogP contribution in [0.3, 0.4) is 0 Å². The zero-order valence-electron chi connectivity index (χ0n) is 15.9. The molecular weight excluding hydrogens is 389 g/mol. The second kappa shape index (κ2) is 8.67. The standard InChI is InChI=1S/C21H22FN5OS/c22-15-8-10-16(11-9-15)23-21(29)25-24-19-17-6-2-3-7-18(17)27(20(19)28)14-26-12-4-1-5-13-26/h2-3,6-11,28H,1,4-5,12-14H2,(H,23,29)/p+1. The molecule has 0 amide bonds. The monoisotopic (exact) mass is 412 g/mol. The van der Waals surface area contributed by atoms with Gasteiger partial charge in [0.1, 0.15) is 5.82 Å². The zero-order chi connectivity index (χ0) is 20.2. The second-order valence-corrected chi connectivity index (χ2v) is 7.61. The van der Waals surface area contributed by atoms with Gasteiger partial charge in [-0.05, 0) is 61.8 Å². The molecule has 2 heterocycles. The molecule has 1 fully saturated rings. The van der Waals surface area contributed by atoms with E-state index in [1.807, 2.05) is 28.8 Å². The number of azo groups is 1. The number of nitrogens with zero attached hydrogens (tertiary/aromatic N) is 3. The number of benzene rings is 2. The van der Waals surface area contributed by atoms with Gasteiger partial charge >= 0.3 is 0 Å². The van der Waals surface area contributed by atoms with Crippen LogP contribution < -0.4 is 10.2 Å². The number of aromatic nitrogens is 1. The van der Waals surface area contributed by atoms with E-state index in [2.05, 4.69) is 15.5 Å². The van der Waals surface area contributed by atoms with Gasteiger partial charge in [0.15, 0.2) is 12.4 Å². The number of thiocarbonyl (C=S) groups is 1. The van der Waals surface area contributed by atoms with Crippen molar-refractivity contribution in [2.75, 3.05) is 18.4 Å². The number of para-hydroxylation sites is 1. The number of piperidine rings is 1. The van der Waals surface area contributed by atoms with Gasteiger partial charge in [-0.25, -0.2) is 4.39 Å². The average molecular weight is 413 g/mol. The SMILES string of the molecule is Oc1c(N=NC(=S)Nc2ccc(F)cc2)c2ccccc2n1C[NH+]1CCCCC1. The predicted molar refractivity (Wildman–Crippen MR) is 115 cm³/mol. The van der Waals surface area contributed by atoms with E-state index in [1.165, 1.54) is 36.3 Å². The lowest BCUT2D eigenvalue weighted by atomic mass is 10.1. The van der Waals surface area contributed by atoms with Gasteiger partial charge in [0.25, 0.3) is 0 Å². The summed E-state index contributed by atoms with van der Waals surface area (Å²) in [6, 6.07) is 13.6. The van der Waals surface area contributed by atoms with Gasteiger partial charge in [0, 0.05) is 11.1 Å². The first-order valence-electron chi connectivity index (χ1n) is 9.74. The molecule has 6 nitrogen and oxygen atoms in total. The van der Waals surface area contributed by atoms with Crippen molar-refractivity contribution in [3.63, 3.8) is 0 Å². The number of rotatable bonds is 4. The van der Waals surface area contributed by atoms with Gasteiger partial charge in [-0.2, -0.15) is 0 Å². The Kier molecular flexibility index (Phi) is 5.82. The largest absolute Gasteiger partial charge is 0.493 e. The molecule has 0 atom stereocenters. The number of anilines is 1. The molecule has 4 rings (SSSR count). The number of hydrogen-bond acceptors (Lipinski definition) is 3. The summed E-state index contributed by atoms with van der Waals surface area (Å²) in [6.45, 7) is 2.91. The predicted octanol–water partition coefficient (Wildman–Crippen LogP) is 3.99. The maximum atomic E-state index is 13.0. The van der Waals surface area contributed by atoms with E-state index in [-0.39, 0.29) is 16.8 Å². The molecule has 0 unspecified atom stereocenters. The molecule has 0 aliphatic carbocycles. The van der Waals surface area contributed by atoms with Crippen LogP contribution in [0.5, 0.6) is 5.88 Å². The molecule has 1 aliphatic rings. The third kappa shape index (κ3) is 4.44. The van der Waals surface area contributed by atoms with Gasteiger partial charge in [-0.1, -0.05) is 18.2 Å². The quantitative estimate of drug-likeness (QED) is 0.448. The number of quaternary nitrogens is 1. The third-order valence-corrected chi connectivity index (χ3v) is 5.38. The molecule has 0 bridgehead atoms. The third-order valence-electron chi connectivity index (χ3n) is 5.20. The average Bonchev–Trinajstić information content (AvgIpc) is 3.00. The van der Waals surface area contributed by atoms with Gasteiger partial charge < -0.3 is 15.3 Å². The van der Waals surface area contributed by atoms with Crippen LogP contribution in [-0.2, 0) is 6.67 Å². The molecule has 3 N–H and O–H groups in total. The fourth-order valence-corrected chi connectivity index (χ4v) is 3.90. The number of aromatic hydroxyl groups is 1. The van der Waals surface area contributed by atoms with Gasteiger partial charge in [-0.3, -0.25) is 4.57 Å². The summed E-state index contributed by atoms with van der Waals surface area (Å²) in [7, 11) is 0. The summed E-state index contributed by atoms with van der Waals surface area (Å²) in [4.78, 5) is 1.45. The highest BCUT2D eigenvalue weighted by molar-refractivity contribution is 7.80. The highest BCUT2D eigenvalue weighted by atomic mass is 32.1. The van der Waals surface area contributed by atoms with E-state index in [1.54, 1.807) is 12.1 Å². The minimum absolute atomic E-state index is 0.0950. The van der Waals surface area contributed by atoms with Gasteiger partial charge in [0.2, 0.25) is 11.0 Å². The number of nitrogens with one attached hydrogen (secondary N) is 2. The second-order valence-electron chi connectivity index (χ2n) is 7.22. The van der Waals surface area contributed by atoms with Crippen molar-refractivity contribution in [3.05, 3.63) is 54.3 Å². The summed E-state index contributed by atoms with van der Waals surface area (Å²) < 4.78 is 14.9. The van der Waals surface area contributed by atoms with Crippen molar-refractivity contribution in [1.29, 1.82) is 0 Å². The minimum atomic E-state index is -0.323. The first-order valence-corrected chi connectivity index (χ1v) is 10.1. The van der Waals surface area contributed by atoms with E-state index in [0.29, 0.717) is 18.0 Å². The molecule has 1 aliphatic heterocycles. The Bertz CT molecular complexity index is 1040. The van der Waals surface area contributed by atoms with E-state index in [4.69, 9.17) is 12.2 Å². The molecular formula is C21H23FN5OS+. The van der Waals surface area contributed by atoms with Crippen molar-refractivity contribution in [1.82, 2.24) is 4.57 Å². The van der Waals surface area contributed by atoms with Crippen LogP contribution in [-0.4, -0.2) is 27.9 Å². The van der Waals surface area contributed by atoms with Crippen LogP contribution in [0.25, 0.3) is 10.9 Å². The van der Waals surface area contributed by atoms with Crippen LogP contribution in [0.1, 0.15) is 19.3 Å². The Morgan fingerprint density at radius 3 is 2.59 bits per heavy atom. The normalized spacial score (nSPS) is 15.2. The van der Waals surface area contributed by atoms with Crippen LogP contribution in [0.15, 0.2) is 58.8 Å². The minimum Gasteiger partial charge on any atom is -0.493 e. The van der Waals surface area contributed by atoms with Crippen molar-refractivity contribution in [3.8, 4) is 5.88 Å². The maximum Gasteiger partial charge on any atom is 0.225 e. The lowest BCUT2D eigenvalue weighted by Crippen LogP contribution is -3.12. The van der Waals surface area contributed by atoms with E-state index in [0.717, 1.165) is 24.0 Å². The Morgan fingerprint density at radius 1 is 1.10 bits per heavy atom. The molecule has 3 aromatic rings. The molecule has 1 aromatic heterocycles. The summed E-state index contributed by atoms with van der Waals surface area (Å²) in [5.74, 6) is -0.228. The van der Waals surface area contributed by atoms with Gasteiger partial charge in [0.05, 0.1) is 18.6 Å². The molecule has 29 heavy (non-hydrogen) atoms. The van der Waals surface area contributed by atoms with E-state index >= 15 is 0 Å². The number of halogens is 1. The Balaban J connectivity index is 1.58. The van der Waals surface area contributed by atoms with Crippen molar-refractivity contribution in [2.45, 2.75) is 25.9 Å². The van der Waals surface area contributed by atoms with Crippen LogP contribution in [0, 0.1) is 5.82 Å². The zero-order valence-corrected chi connectivity index (χ0v) is 16.8. The van der Waals surface area contributed by atoms with Crippen molar-refractivity contribution >= 4 is 39.6 Å². The summed E-state index contributed by atoms with van der Waals surface area (Å²) in [5.41, 5.74) is 1.95. The van der Waals surface area contributed by atoms with E-state index in [9.17, 15) is 9.50 Å². The topological polar surface area (TPSA) is 66.4 Å². The van der Waals surface area contributed by atoms with Crippen molar-refractivity contribution in [2.24, 2.45) is 10.2 Å². The van der Waals surface area contributed by atoms with Crippen LogP contribution >= 0.6 is 12.2 Å². The summed E-state index contributed by atoms with van der Waals surface area (Å²) in [5, 5.41) is 23.0. The molecule has 0 radical (unpaired) electrons. The lowest BCUT2D eigenvalue weighted by Gasteiger charge is -2.24. The van der Waals surface area contributed by atoms with Crippen LogP contribution in [0.2, 0.25) is 0 Å². The highest BCUT2D eigenvalue weighted by Gasteiger charge is 2.21. The fraction of sp³-hybridized carbons (Fsp3) is 0.286. The first-order chi connectivity index (χ1) is 14.1. The van der Waals surface area contributed by atoms with Crippen molar-refractivity contribution < 1.29 is 14.4 Å². The smallest absolute Gasteiger partial charge is 0.225 e. The summed E-state index contributed by atoms with van der Waals surface area (Å²) in [6.07, 6.45) is 3.70. The maximum absolute atomic E-state index is 13.0. The Labute approximate surface area is 173 Å². The van der Waals surface area contributed by atoms with Crippen LogP contribution in [0.4, 0.5) is 15.8 Å². The molecule has 1 saturated heterocycles. The Morgan fingerprint density at radius 2 is 1.83 bits per heavy atom. The molecule has 0 spiro atoms. The lowest BCUT2D eigenvalue weighted by molar-refractivity contribution is -0.927. The number of fused-ring (bicyclic) bond motifs is 1. The molecule has 0 saturated carbocycles. The molecule has 2 aromatic carbocycles. The molecule has 150 valence electrons. The first kappa shape index (κ1) is 19.5. The number of likely N-dealkylation sites (tertiary alicyclic amines) is 1. The highest BCUT2D eigenvalue weighted by Crippen LogP contribution is 2.38. The van der Waals surface area contributed by atoms with Gasteiger partial charge in [-0.15, -0.1) is 10.2 Å². The summed E-state index contributed by atoms with van der Waals surface area (Å²) >= 11 is 5.21. The number of hydrogen-bond donors (Lipinski definition) is 3. The Hall–Kier alpha value is -2.84.